The number of amides is 1. The molecule has 0 heterocycles. The summed E-state index contributed by atoms with van der Waals surface area (Å²) in [4.78, 5) is 23.3. The number of esters is 1. The molecule has 0 aliphatic carbocycles. The van der Waals surface area contributed by atoms with Gasteiger partial charge in [-0.15, -0.1) is 0 Å². The Kier molecular flexibility index (Phi) is 4.73. The largest absolute Gasteiger partial charge is 0.508 e. The van der Waals surface area contributed by atoms with Gasteiger partial charge in [-0.1, -0.05) is 0 Å². The molecule has 2 rings (SSSR count). The molecule has 0 saturated carbocycles. The maximum atomic E-state index is 11.7. The highest BCUT2D eigenvalue weighted by molar-refractivity contribution is 5.95. The monoisotopic (exact) mass is 296 g/mol. The van der Waals surface area contributed by atoms with E-state index in [1.165, 1.54) is 24.3 Å². The minimum atomic E-state index is -0.657. The molecule has 0 bridgehead atoms. The lowest BCUT2D eigenvalue weighted by Crippen LogP contribution is -2.20. The lowest BCUT2D eigenvalue weighted by Gasteiger charge is -2.06. The van der Waals surface area contributed by atoms with E-state index in [0.29, 0.717) is 11.3 Å². The molecule has 0 unspecified atom stereocenters. The van der Waals surface area contributed by atoms with E-state index in [2.05, 4.69) is 5.32 Å². The maximum absolute atomic E-state index is 11.7. The van der Waals surface area contributed by atoms with Crippen molar-refractivity contribution in [3.05, 3.63) is 59.7 Å². The van der Waals surface area contributed by atoms with Crippen LogP contribution in [0, 0.1) is 11.3 Å². The summed E-state index contributed by atoms with van der Waals surface area (Å²) < 4.78 is 4.86. The number of benzene rings is 2. The standard InChI is InChI=1S/C16H12N2O4/c17-9-11-1-5-13(6-2-11)18-15(20)10-22-16(21)12-3-7-14(19)8-4-12/h1-8,19H,10H2,(H,18,20). The first-order valence-corrected chi connectivity index (χ1v) is 6.34. The number of nitrogens with one attached hydrogen (secondary N) is 1. The number of ether oxygens (including phenoxy) is 1. The van der Waals surface area contributed by atoms with Crippen LogP contribution in [-0.2, 0) is 9.53 Å². The number of aromatic hydroxyl groups is 1. The number of nitriles is 1. The Morgan fingerprint density at radius 1 is 1.09 bits per heavy atom. The number of hydrogen-bond donors (Lipinski definition) is 2. The Labute approximate surface area is 126 Å². The molecule has 0 aliphatic rings. The van der Waals surface area contributed by atoms with Crippen molar-refractivity contribution < 1.29 is 19.4 Å². The minimum absolute atomic E-state index is 0.0371. The van der Waals surface area contributed by atoms with Gasteiger partial charge in [0.05, 0.1) is 17.2 Å². The predicted octanol–water partition coefficient (Wildman–Crippen LogP) is 2.06. The average Bonchev–Trinajstić information content (AvgIpc) is 2.54. The first-order chi connectivity index (χ1) is 10.6. The zero-order valence-electron chi connectivity index (χ0n) is 11.4. The molecule has 6 nitrogen and oxygen atoms in total. The SMILES string of the molecule is N#Cc1ccc(NC(=O)COC(=O)c2ccc(O)cc2)cc1. The van der Waals surface area contributed by atoms with Crippen LogP contribution in [0.3, 0.4) is 0 Å². The number of nitrogens with zero attached hydrogens (tertiary/aromatic N) is 1. The predicted molar refractivity (Wildman–Crippen MR) is 78.2 cm³/mol. The van der Waals surface area contributed by atoms with Gasteiger partial charge in [-0.05, 0) is 48.5 Å². The van der Waals surface area contributed by atoms with Crippen molar-refractivity contribution in [2.75, 3.05) is 11.9 Å². The second-order valence-electron chi connectivity index (χ2n) is 4.36. The summed E-state index contributed by atoms with van der Waals surface area (Å²) in [5, 5.41) is 20.3. The van der Waals surface area contributed by atoms with Gasteiger partial charge in [0.25, 0.3) is 5.91 Å². The molecule has 0 atom stereocenters. The van der Waals surface area contributed by atoms with Crippen molar-refractivity contribution in [1.82, 2.24) is 0 Å². The molecule has 0 aromatic heterocycles. The quantitative estimate of drug-likeness (QED) is 0.841. The highest BCUT2D eigenvalue weighted by Gasteiger charge is 2.10. The van der Waals surface area contributed by atoms with Crippen molar-refractivity contribution in [1.29, 1.82) is 5.26 Å². The number of phenolic OH excluding ortho intramolecular Hbond substituents is 1. The third kappa shape index (κ3) is 4.08. The van der Waals surface area contributed by atoms with Gasteiger partial charge in [0.2, 0.25) is 0 Å². The van der Waals surface area contributed by atoms with E-state index in [4.69, 9.17) is 15.1 Å². The number of phenols is 1. The molecule has 2 aromatic carbocycles. The fraction of sp³-hybridized carbons (Fsp3) is 0.0625. The first kappa shape index (κ1) is 15.1. The highest BCUT2D eigenvalue weighted by Crippen LogP contribution is 2.11. The van der Waals surface area contributed by atoms with Gasteiger partial charge in [-0.2, -0.15) is 5.26 Å². The highest BCUT2D eigenvalue weighted by atomic mass is 16.5. The van der Waals surface area contributed by atoms with Crippen LogP contribution < -0.4 is 5.32 Å². The van der Waals surface area contributed by atoms with E-state index in [9.17, 15) is 9.59 Å². The molecule has 0 aliphatic heterocycles. The number of carbonyl (C=O) groups is 2. The van der Waals surface area contributed by atoms with Crippen molar-refractivity contribution in [3.63, 3.8) is 0 Å². The molecule has 22 heavy (non-hydrogen) atoms. The summed E-state index contributed by atoms with van der Waals surface area (Å²) in [7, 11) is 0. The molecule has 2 N–H and O–H groups in total. The zero-order valence-corrected chi connectivity index (χ0v) is 11.4. The van der Waals surface area contributed by atoms with Crippen molar-refractivity contribution in [3.8, 4) is 11.8 Å². The van der Waals surface area contributed by atoms with Crippen molar-refractivity contribution in [2.24, 2.45) is 0 Å². The number of rotatable bonds is 4. The van der Waals surface area contributed by atoms with Crippen LogP contribution >= 0.6 is 0 Å². The summed E-state index contributed by atoms with van der Waals surface area (Å²) in [6.45, 7) is -0.431. The smallest absolute Gasteiger partial charge is 0.338 e. The van der Waals surface area contributed by atoms with Crippen LogP contribution in [0.25, 0.3) is 0 Å². The molecule has 110 valence electrons. The summed E-state index contributed by atoms with van der Waals surface area (Å²) in [6.07, 6.45) is 0. The fourth-order valence-corrected chi connectivity index (χ4v) is 1.64. The third-order valence-corrected chi connectivity index (χ3v) is 2.74. The molecular weight excluding hydrogens is 284 g/mol. The second-order valence-corrected chi connectivity index (χ2v) is 4.36. The lowest BCUT2D eigenvalue weighted by atomic mass is 10.2. The Bertz CT molecular complexity index is 715. The fourth-order valence-electron chi connectivity index (χ4n) is 1.64. The van der Waals surface area contributed by atoms with Gasteiger partial charge in [0.15, 0.2) is 6.61 Å². The number of anilines is 1. The van der Waals surface area contributed by atoms with Gasteiger partial charge in [0, 0.05) is 5.69 Å². The summed E-state index contributed by atoms with van der Waals surface area (Å²) in [5.41, 5.74) is 1.23. The minimum Gasteiger partial charge on any atom is -0.508 e. The van der Waals surface area contributed by atoms with Crippen molar-refractivity contribution in [2.45, 2.75) is 0 Å². The van der Waals surface area contributed by atoms with Crippen molar-refractivity contribution >= 4 is 17.6 Å². The van der Waals surface area contributed by atoms with Gasteiger partial charge < -0.3 is 15.2 Å². The van der Waals surface area contributed by atoms with Crippen LogP contribution in [0.4, 0.5) is 5.69 Å². The van der Waals surface area contributed by atoms with Crippen LogP contribution in [-0.4, -0.2) is 23.6 Å². The topological polar surface area (TPSA) is 99.4 Å². The number of carbonyl (C=O) groups excluding carboxylic acids is 2. The molecule has 0 saturated heterocycles. The first-order valence-electron chi connectivity index (χ1n) is 6.34. The average molecular weight is 296 g/mol. The Morgan fingerprint density at radius 3 is 2.32 bits per heavy atom. The van der Waals surface area contributed by atoms with E-state index in [-0.39, 0.29) is 11.3 Å². The van der Waals surface area contributed by atoms with Crippen LogP contribution in [0.5, 0.6) is 5.75 Å². The van der Waals surface area contributed by atoms with Gasteiger partial charge in [0.1, 0.15) is 5.75 Å². The lowest BCUT2D eigenvalue weighted by molar-refractivity contribution is -0.119. The molecule has 2 aromatic rings. The van der Waals surface area contributed by atoms with Crippen LogP contribution in [0.2, 0.25) is 0 Å². The van der Waals surface area contributed by atoms with Gasteiger partial charge >= 0.3 is 5.97 Å². The molecule has 0 spiro atoms. The summed E-state index contributed by atoms with van der Waals surface area (Å²) >= 11 is 0. The number of hydrogen-bond acceptors (Lipinski definition) is 5. The summed E-state index contributed by atoms with van der Waals surface area (Å²) in [5.74, 6) is -1.11. The molecular formula is C16H12N2O4. The molecule has 1 amide bonds. The van der Waals surface area contributed by atoms with E-state index in [0.717, 1.165) is 0 Å². The van der Waals surface area contributed by atoms with E-state index >= 15 is 0 Å². The van der Waals surface area contributed by atoms with Crippen LogP contribution in [0.1, 0.15) is 15.9 Å². The Morgan fingerprint density at radius 2 is 1.73 bits per heavy atom. The van der Waals surface area contributed by atoms with Crippen LogP contribution in [0.15, 0.2) is 48.5 Å². The zero-order chi connectivity index (χ0) is 15.9. The third-order valence-electron chi connectivity index (χ3n) is 2.74. The maximum Gasteiger partial charge on any atom is 0.338 e. The van der Waals surface area contributed by atoms with E-state index in [1.54, 1.807) is 24.3 Å². The Balaban J connectivity index is 1.85. The van der Waals surface area contributed by atoms with Gasteiger partial charge in [-0.25, -0.2) is 4.79 Å². The molecule has 6 heteroatoms. The normalized spacial score (nSPS) is 9.59. The van der Waals surface area contributed by atoms with E-state index in [1.807, 2.05) is 6.07 Å². The second kappa shape index (κ2) is 6.90. The van der Waals surface area contributed by atoms with E-state index < -0.39 is 18.5 Å². The molecule has 0 fully saturated rings. The van der Waals surface area contributed by atoms with Gasteiger partial charge in [-0.3, -0.25) is 4.79 Å². The molecule has 0 radical (unpaired) electrons. The Hall–Kier alpha value is -3.33. The summed E-state index contributed by atoms with van der Waals surface area (Å²) in [6, 6.07) is 13.8.